The molecule has 2 rings (SSSR count). The van der Waals surface area contributed by atoms with Gasteiger partial charge >= 0.3 is 0 Å². The molecule has 0 aliphatic rings. The number of hydrogen-bond acceptors (Lipinski definition) is 4. The van der Waals surface area contributed by atoms with Crippen LogP contribution in [-0.4, -0.2) is 27.5 Å². The van der Waals surface area contributed by atoms with E-state index in [-0.39, 0.29) is 10.8 Å². The Morgan fingerprint density at radius 3 is 2.52 bits per heavy atom. The van der Waals surface area contributed by atoms with E-state index in [4.69, 9.17) is 9.88 Å². The maximum atomic E-state index is 12.2. The number of rotatable bonds is 8. The normalized spacial score (nSPS) is 11.1. The highest BCUT2D eigenvalue weighted by Gasteiger charge is 2.14. The fourth-order valence-electron chi connectivity index (χ4n) is 2.25. The molecule has 0 heterocycles. The summed E-state index contributed by atoms with van der Waals surface area (Å²) in [4.78, 5) is 12.2. The Kier molecular flexibility index (Phi) is 6.55. The molecule has 0 saturated heterocycles. The first-order chi connectivity index (χ1) is 11.9. The number of amides is 1. The zero-order chi connectivity index (χ0) is 18.3. The molecule has 0 atom stereocenters. The molecule has 25 heavy (non-hydrogen) atoms. The van der Waals surface area contributed by atoms with E-state index in [1.807, 2.05) is 30.3 Å². The maximum Gasteiger partial charge on any atom is 0.251 e. The van der Waals surface area contributed by atoms with Crippen molar-refractivity contribution in [1.82, 2.24) is 5.32 Å². The van der Waals surface area contributed by atoms with E-state index < -0.39 is 10.0 Å². The predicted molar refractivity (Wildman–Crippen MR) is 96.1 cm³/mol. The van der Waals surface area contributed by atoms with Crippen LogP contribution >= 0.6 is 0 Å². The highest BCUT2D eigenvalue weighted by atomic mass is 32.2. The molecule has 7 heteroatoms. The Labute approximate surface area is 148 Å². The number of carbonyl (C=O) groups is 1. The topological polar surface area (TPSA) is 98.5 Å². The molecule has 0 fully saturated rings. The molecular weight excluding hydrogens is 340 g/mol. The third kappa shape index (κ3) is 5.88. The highest BCUT2D eigenvalue weighted by Crippen LogP contribution is 2.14. The summed E-state index contributed by atoms with van der Waals surface area (Å²) in [6, 6.07) is 13.8. The van der Waals surface area contributed by atoms with Gasteiger partial charge in [-0.25, -0.2) is 13.6 Å². The summed E-state index contributed by atoms with van der Waals surface area (Å²) in [5.41, 5.74) is 1.00. The molecule has 0 unspecified atom stereocenters. The van der Waals surface area contributed by atoms with Crippen molar-refractivity contribution in [3.63, 3.8) is 0 Å². The van der Waals surface area contributed by atoms with Crippen molar-refractivity contribution in [2.75, 3.05) is 13.2 Å². The van der Waals surface area contributed by atoms with Gasteiger partial charge in [0.1, 0.15) is 5.75 Å². The van der Waals surface area contributed by atoms with E-state index in [1.165, 1.54) is 12.1 Å². The molecule has 2 aromatic rings. The molecule has 2 aromatic carbocycles. The number of hydrogen-bond donors (Lipinski definition) is 2. The van der Waals surface area contributed by atoms with Gasteiger partial charge < -0.3 is 10.1 Å². The molecule has 0 bridgehead atoms. The van der Waals surface area contributed by atoms with E-state index in [1.54, 1.807) is 13.0 Å². The van der Waals surface area contributed by atoms with Gasteiger partial charge in [-0.15, -0.1) is 0 Å². The summed E-state index contributed by atoms with van der Waals surface area (Å²) < 4.78 is 28.4. The summed E-state index contributed by atoms with van der Waals surface area (Å²) in [5.74, 6) is 0.508. The molecule has 0 spiro atoms. The van der Waals surface area contributed by atoms with Crippen LogP contribution in [0.2, 0.25) is 0 Å². The van der Waals surface area contributed by atoms with Crippen LogP contribution in [0.5, 0.6) is 5.75 Å². The summed E-state index contributed by atoms with van der Waals surface area (Å²) in [5, 5.41) is 7.89. The first-order valence-electron chi connectivity index (χ1n) is 7.97. The number of ether oxygens (including phenoxy) is 1. The van der Waals surface area contributed by atoms with Crippen LogP contribution in [0.4, 0.5) is 0 Å². The minimum absolute atomic E-state index is 0.0699. The number of unbranched alkanes of at least 4 members (excludes halogenated alkanes) is 1. The van der Waals surface area contributed by atoms with E-state index in [9.17, 15) is 13.2 Å². The molecule has 1 amide bonds. The molecule has 3 N–H and O–H groups in total. The second kappa shape index (κ2) is 8.64. The quantitative estimate of drug-likeness (QED) is 0.704. The fourth-order valence-corrected chi connectivity index (χ4v) is 2.79. The first-order valence-corrected chi connectivity index (χ1v) is 9.52. The zero-order valence-corrected chi connectivity index (χ0v) is 14.9. The van der Waals surface area contributed by atoms with Crippen molar-refractivity contribution in [3.05, 3.63) is 59.7 Å². The van der Waals surface area contributed by atoms with Gasteiger partial charge in [0.25, 0.3) is 5.91 Å². The third-order valence-corrected chi connectivity index (χ3v) is 4.56. The van der Waals surface area contributed by atoms with Gasteiger partial charge in [0.2, 0.25) is 10.0 Å². The standard InChI is InChI=1S/C18H22N2O4S/c1-14-9-10-16(25(19,22)23)13-17(14)18(21)20-11-5-6-12-24-15-7-3-2-4-8-15/h2-4,7-10,13H,5-6,11-12H2,1H3,(H,20,21)(H2,19,22,23). The number of nitrogens with two attached hydrogens (primary N) is 1. The molecule has 0 saturated carbocycles. The van der Waals surface area contributed by atoms with Crippen LogP contribution < -0.4 is 15.2 Å². The average molecular weight is 362 g/mol. The van der Waals surface area contributed by atoms with E-state index in [0.717, 1.165) is 18.6 Å². The Hall–Kier alpha value is -2.38. The fraction of sp³-hybridized carbons (Fsp3) is 0.278. The van der Waals surface area contributed by atoms with Crippen molar-refractivity contribution < 1.29 is 17.9 Å². The lowest BCUT2D eigenvalue weighted by Crippen LogP contribution is -2.26. The van der Waals surface area contributed by atoms with Crippen molar-refractivity contribution in [1.29, 1.82) is 0 Å². The molecule has 0 aliphatic carbocycles. The Morgan fingerprint density at radius 2 is 1.84 bits per heavy atom. The van der Waals surface area contributed by atoms with Crippen LogP contribution in [0.1, 0.15) is 28.8 Å². The number of sulfonamides is 1. The Bertz CT molecular complexity index is 820. The van der Waals surface area contributed by atoms with Crippen molar-refractivity contribution in [2.45, 2.75) is 24.7 Å². The molecule has 0 aromatic heterocycles. The summed E-state index contributed by atoms with van der Waals surface area (Å²) in [6.45, 7) is 2.80. The molecule has 134 valence electrons. The third-order valence-electron chi connectivity index (χ3n) is 3.65. The summed E-state index contributed by atoms with van der Waals surface area (Å²) >= 11 is 0. The van der Waals surface area contributed by atoms with Gasteiger partial charge in [-0.2, -0.15) is 0 Å². The van der Waals surface area contributed by atoms with E-state index in [2.05, 4.69) is 5.32 Å². The van der Waals surface area contributed by atoms with Crippen molar-refractivity contribution in [3.8, 4) is 5.75 Å². The van der Waals surface area contributed by atoms with Gasteiger partial charge in [-0.05, 0) is 49.6 Å². The number of carbonyl (C=O) groups excluding carboxylic acids is 1. The van der Waals surface area contributed by atoms with Gasteiger partial charge in [-0.3, -0.25) is 4.79 Å². The highest BCUT2D eigenvalue weighted by molar-refractivity contribution is 7.89. The van der Waals surface area contributed by atoms with Crippen LogP contribution in [0, 0.1) is 6.92 Å². The second-order valence-electron chi connectivity index (χ2n) is 5.65. The molecule has 0 aliphatic heterocycles. The smallest absolute Gasteiger partial charge is 0.251 e. The molecule has 0 radical (unpaired) electrons. The zero-order valence-electron chi connectivity index (χ0n) is 14.1. The Morgan fingerprint density at radius 1 is 1.12 bits per heavy atom. The van der Waals surface area contributed by atoms with Crippen molar-refractivity contribution in [2.24, 2.45) is 5.14 Å². The van der Waals surface area contributed by atoms with Gasteiger partial charge in [-0.1, -0.05) is 24.3 Å². The minimum Gasteiger partial charge on any atom is -0.494 e. The van der Waals surface area contributed by atoms with Crippen LogP contribution in [0.3, 0.4) is 0 Å². The van der Waals surface area contributed by atoms with E-state index in [0.29, 0.717) is 24.3 Å². The monoisotopic (exact) mass is 362 g/mol. The number of benzene rings is 2. The minimum atomic E-state index is -3.83. The maximum absolute atomic E-state index is 12.2. The lowest BCUT2D eigenvalue weighted by atomic mass is 10.1. The second-order valence-corrected chi connectivity index (χ2v) is 7.21. The van der Waals surface area contributed by atoms with Crippen LogP contribution in [-0.2, 0) is 10.0 Å². The van der Waals surface area contributed by atoms with Gasteiger partial charge in [0.05, 0.1) is 11.5 Å². The van der Waals surface area contributed by atoms with Gasteiger partial charge in [0, 0.05) is 12.1 Å². The lowest BCUT2D eigenvalue weighted by Gasteiger charge is -2.10. The Balaban J connectivity index is 1.79. The molecule has 6 nitrogen and oxygen atoms in total. The van der Waals surface area contributed by atoms with Crippen LogP contribution in [0.15, 0.2) is 53.4 Å². The summed E-state index contributed by atoms with van der Waals surface area (Å²) in [6.07, 6.45) is 1.55. The van der Waals surface area contributed by atoms with Crippen LogP contribution in [0.25, 0.3) is 0 Å². The predicted octanol–water partition coefficient (Wildman–Crippen LogP) is 2.23. The lowest BCUT2D eigenvalue weighted by molar-refractivity contribution is 0.0951. The molecular formula is C18H22N2O4S. The van der Waals surface area contributed by atoms with Gasteiger partial charge in [0.15, 0.2) is 0 Å². The SMILES string of the molecule is Cc1ccc(S(N)(=O)=O)cc1C(=O)NCCCCOc1ccccc1. The first kappa shape index (κ1) is 19.0. The number of primary sulfonamides is 1. The number of aryl methyl sites for hydroxylation is 1. The van der Waals surface area contributed by atoms with Crippen molar-refractivity contribution >= 4 is 15.9 Å². The summed E-state index contributed by atoms with van der Waals surface area (Å²) in [7, 11) is -3.83. The average Bonchev–Trinajstić information content (AvgIpc) is 2.58. The van der Waals surface area contributed by atoms with E-state index >= 15 is 0 Å². The number of nitrogens with one attached hydrogen (secondary N) is 1. The number of para-hydroxylation sites is 1. The largest absolute Gasteiger partial charge is 0.494 e.